The molecular weight excluding hydrogens is 290 g/mol. The summed E-state index contributed by atoms with van der Waals surface area (Å²) < 4.78 is 5.14. The molecule has 2 aliphatic heterocycles. The molecule has 4 nitrogen and oxygen atoms in total. The zero-order valence-electron chi connectivity index (χ0n) is 13.7. The minimum absolute atomic E-state index is 0.0320. The van der Waals surface area contributed by atoms with E-state index in [9.17, 15) is 9.90 Å². The van der Waals surface area contributed by atoms with Crippen LogP contribution in [-0.4, -0.2) is 40.4 Å². The SMILES string of the molecule is CCOC(=O)N1[C@@H]2CC[C@H]1CC(O)(C#Cc1cccc(C)c1)C2. The molecule has 2 bridgehead atoms. The lowest BCUT2D eigenvalue weighted by atomic mass is 9.86. The zero-order chi connectivity index (χ0) is 16.4. The van der Waals surface area contributed by atoms with Crippen molar-refractivity contribution < 1.29 is 14.6 Å². The average Bonchev–Trinajstić information content (AvgIpc) is 2.79. The summed E-state index contributed by atoms with van der Waals surface area (Å²) in [5, 5.41) is 10.9. The Morgan fingerprint density at radius 1 is 1.39 bits per heavy atom. The molecule has 2 aliphatic rings. The molecule has 0 saturated carbocycles. The lowest BCUT2D eigenvalue weighted by Crippen LogP contribution is -2.52. The summed E-state index contributed by atoms with van der Waals surface area (Å²) in [6.45, 7) is 4.22. The molecule has 2 saturated heterocycles. The third-order valence-corrected chi connectivity index (χ3v) is 4.70. The first kappa shape index (κ1) is 15.9. The lowest BCUT2D eigenvalue weighted by molar-refractivity contribution is -0.0101. The topological polar surface area (TPSA) is 49.8 Å². The summed E-state index contributed by atoms with van der Waals surface area (Å²) in [5.74, 6) is 6.16. The number of ether oxygens (including phenoxy) is 1. The van der Waals surface area contributed by atoms with Gasteiger partial charge in [-0.25, -0.2) is 4.79 Å². The Labute approximate surface area is 137 Å². The number of piperidine rings is 1. The van der Waals surface area contributed by atoms with Crippen LogP contribution in [0.3, 0.4) is 0 Å². The van der Waals surface area contributed by atoms with Gasteiger partial charge in [0.2, 0.25) is 0 Å². The van der Waals surface area contributed by atoms with Crippen LogP contribution in [0.25, 0.3) is 0 Å². The number of rotatable bonds is 1. The minimum atomic E-state index is -1.02. The van der Waals surface area contributed by atoms with Crippen LogP contribution in [0.1, 0.15) is 43.7 Å². The molecule has 1 aromatic rings. The molecule has 3 rings (SSSR count). The van der Waals surface area contributed by atoms with Gasteiger partial charge in [-0.2, -0.15) is 0 Å². The molecule has 1 unspecified atom stereocenters. The Bertz CT molecular complexity index is 644. The molecule has 0 aliphatic carbocycles. The van der Waals surface area contributed by atoms with Gasteiger partial charge in [-0.15, -0.1) is 0 Å². The summed E-state index contributed by atoms with van der Waals surface area (Å²) in [5.41, 5.74) is 1.05. The molecule has 1 N–H and O–H groups in total. The summed E-state index contributed by atoms with van der Waals surface area (Å²) in [7, 11) is 0. The van der Waals surface area contributed by atoms with Gasteiger partial charge in [0.25, 0.3) is 0 Å². The molecule has 122 valence electrons. The number of aryl methyl sites for hydroxylation is 1. The number of fused-ring (bicyclic) bond motifs is 2. The highest BCUT2D eigenvalue weighted by Gasteiger charge is 2.49. The predicted octanol–water partition coefficient (Wildman–Crippen LogP) is 2.86. The van der Waals surface area contributed by atoms with E-state index in [1.54, 1.807) is 0 Å². The standard InChI is InChI=1S/C19H23NO3/c1-3-23-18(21)20-16-7-8-17(20)13-19(22,12-16)10-9-15-6-4-5-14(2)11-15/h4-6,11,16-17,22H,3,7-8,12-13H2,1-2H3/t16-,17+,19?. The van der Waals surface area contributed by atoms with Gasteiger partial charge in [0.1, 0.15) is 5.60 Å². The highest BCUT2D eigenvalue weighted by molar-refractivity contribution is 5.69. The van der Waals surface area contributed by atoms with E-state index < -0.39 is 5.60 Å². The van der Waals surface area contributed by atoms with Gasteiger partial charge < -0.3 is 14.7 Å². The third kappa shape index (κ3) is 3.35. The number of carbonyl (C=O) groups is 1. The van der Waals surface area contributed by atoms with Crippen LogP contribution in [0, 0.1) is 18.8 Å². The molecule has 0 aromatic heterocycles. The molecule has 4 heteroatoms. The number of amides is 1. The van der Waals surface area contributed by atoms with Crippen molar-refractivity contribution in [1.29, 1.82) is 0 Å². The maximum absolute atomic E-state index is 12.1. The van der Waals surface area contributed by atoms with E-state index in [0.29, 0.717) is 19.4 Å². The maximum Gasteiger partial charge on any atom is 0.410 e. The van der Waals surface area contributed by atoms with Gasteiger partial charge in [-0.3, -0.25) is 0 Å². The van der Waals surface area contributed by atoms with Gasteiger partial charge in [0.05, 0.1) is 6.61 Å². The summed E-state index contributed by atoms with van der Waals surface area (Å²) in [6.07, 6.45) is 2.58. The second-order valence-electron chi connectivity index (χ2n) is 6.55. The number of carbonyl (C=O) groups excluding carboxylic acids is 1. The Hall–Kier alpha value is -1.99. The van der Waals surface area contributed by atoms with E-state index in [2.05, 4.69) is 11.8 Å². The maximum atomic E-state index is 12.1. The van der Waals surface area contributed by atoms with Crippen molar-refractivity contribution >= 4 is 6.09 Å². The number of nitrogens with zero attached hydrogens (tertiary/aromatic N) is 1. The lowest BCUT2D eigenvalue weighted by Gasteiger charge is -2.40. The van der Waals surface area contributed by atoms with Gasteiger partial charge in [0.15, 0.2) is 0 Å². The molecule has 2 heterocycles. The number of aliphatic hydroxyl groups is 1. The van der Waals surface area contributed by atoms with Crippen LogP contribution in [0.15, 0.2) is 24.3 Å². The van der Waals surface area contributed by atoms with Gasteiger partial charge in [0, 0.05) is 30.5 Å². The fraction of sp³-hybridized carbons (Fsp3) is 0.526. The van der Waals surface area contributed by atoms with Crippen LogP contribution in [0.4, 0.5) is 4.79 Å². The van der Waals surface area contributed by atoms with E-state index in [1.807, 2.05) is 43.0 Å². The van der Waals surface area contributed by atoms with Crippen molar-refractivity contribution in [2.24, 2.45) is 0 Å². The van der Waals surface area contributed by atoms with Crippen LogP contribution >= 0.6 is 0 Å². The molecule has 23 heavy (non-hydrogen) atoms. The molecule has 0 radical (unpaired) electrons. The monoisotopic (exact) mass is 313 g/mol. The molecule has 1 aromatic carbocycles. The number of hydrogen-bond donors (Lipinski definition) is 1. The third-order valence-electron chi connectivity index (χ3n) is 4.70. The van der Waals surface area contributed by atoms with Crippen molar-refractivity contribution in [3.05, 3.63) is 35.4 Å². The summed E-state index contributed by atoms with van der Waals surface area (Å²) in [4.78, 5) is 13.9. The van der Waals surface area contributed by atoms with Gasteiger partial charge in [-0.05, 0) is 44.4 Å². The number of benzene rings is 1. The van der Waals surface area contributed by atoms with Gasteiger partial charge >= 0.3 is 6.09 Å². The fourth-order valence-corrected chi connectivity index (χ4v) is 3.73. The molecule has 3 atom stereocenters. The summed E-state index contributed by atoms with van der Waals surface area (Å²) >= 11 is 0. The van der Waals surface area contributed by atoms with E-state index in [1.165, 1.54) is 0 Å². The molecule has 2 fully saturated rings. The quantitative estimate of drug-likeness (QED) is 0.811. The molecular formula is C19H23NO3. The first-order chi connectivity index (χ1) is 11.0. The van der Waals surface area contributed by atoms with E-state index in [-0.39, 0.29) is 18.2 Å². The normalized spacial score (nSPS) is 28.9. The first-order valence-corrected chi connectivity index (χ1v) is 8.28. The predicted molar refractivity (Wildman–Crippen MR) is 87.9 cm³/mol. The van der Waals surface area contributed by atoms with Crippen LogP contribution < -0.4 is 0 Å². The Kier molecular flexibility index (Phi) is 4.32. The Morgan fingerprint density at radius 3 is 2.70 bits per heavy atom. The van der Waals surface area contributed by atoms with Crippen LogP contribution in [0.5, 0.6) is 0 Å². The minimum Gasteiger partial charge on any atom is -0.450 e. The van der Waals surface area contributed by atoms with E-state index >= 15 is 0 Å². The highest BCUT2D eigenvalue weighted by Crippen LogP contribution is 2.40. The fourth-order valence-electron chi connectivity index (χ4n) is 3.73. The Morgan fingerprint density at radius 2 is 2.09 bits per heavy atom. The van der Waals surface area contributed by atoms with Crippen molar-refractivity contribution in [3.63, 3.8) is 0 Å². The number of hydrogen-bond acceptors (Lipinski definition) is 3. The van der Waals surface area contributed by atoms with Crippen LogP contribution in [-0.2, 0) is 4.74 Å². The molecule has 0 spiro atoms. The highest BCUT2D eigenvalue weighted by atomic mass is 16.6. The summed E-state index contributed by atoms with van der Waals surface area (Å²) in [6, 6.07) is 8.02. The van der Waals surface area contributed by atoms with Crippen molar-refractivity contribution in [2.75, 3.05) is 6.61 Å². The zero-order valence-corrected chi connectivity index (χ0v) is 13.7. The van der Waals surface area contributed by atoms with E-state index in [0.717, 1.165) is 24.0 Å². The molecule has 1 amide bonds. The second-order valence-corrected chi connectivity index (χ2v) is 6.55. The Balaban J connectivity index is 1.75. The van der Waals surface area contributed by atoms with E-state index in [4.69, 9.17) is 4.74 Å². The average molecular weight is 313 g/mol. The second kappa shape index (κ2) is 6.25. The van der Waals surface area contributed by atoms with Crippen LogP contribution in [0.2, 0.25) is 0 Å². The largest absolute Gasteiger partial charge is 0.450 e. The first-order valence-electron chi connectivity index (χ1n) is 8.28. The van der Waals surface area contributed by atoms with Gasteiger partial charge in [-0.1, -0.05) is 24.0 Å². The van der Waals surface area contributed by atoms with Crippen molar-refractivity contribution in [3.8, 4) is 11.8 Å². The smallest absolute Gasteiger partial charge is 0.410 e. The van der Waals surface area contributed by atoms with Crippen molar-refractivity contribution in [2.45, 2.75) is 57.2 Å². The van der Waals surface area contributed by atoms with Crippen molar-refractivity contribution in [1.82, 2.24) is 4.90 Å².